The average Bonchev–Trinajstić information content (AvgIpc) is 3.23. The third-order valence-electron chi connectivity index (χ3n) is 5.36. The van der Waals surface area contributed by atoms with Crippen molar-refractivity contribution in [3.63, 3.8) is 0 Å². The molecule has 8 heteroatoms. The van der Waals surface area contributed by atoms with Gasteiger partial charge in [-0.1, -0.05) is 6.07 Å². The van der Waals surface area contributed by atoms with Gasteiger partial charge in [0.25, 0.3) is 5.91 Å². The Labute approximate surface area is 170 Å². The van der Waals surface area contributed by atoms with Crippen molar-refractivity contribution >= 4 is 35.6 Å². The quantitative estimate of drug-likeness (QED) is 0.791. The molecule has 2 aliphatic rings. The van der Waals surface area contributed by atoms with Crippen LogP contribution in [0, 0.1) is 0 Å². The Kier molecular flexibility index (Phi) is 6.14. The molecule has 0 aliphatic carbocycles. The number of carbonyl (C=O) groups is 2. The van der Waals surface area contributed by atoms with Gasteiger partial charge in [0, 0.05) is 44.1 Å². The molecule has 2 amide bonds. The van der Waals surface area contributed by atoms with E-state index in [1.54, 1.807) is 17.0 Å². The summed E-state index contributed by atoms with van der Waals surface area (Å²) in [6.07, 6.45) is 3.45. The van der Waals surface area contributed by atoms with Gasteiger partial charge in [-0.25, -0.2) is 0 Å². The number of halogens is 1. The third kappa shape index (κ3) is 3.94. The molecule has 150 valence electrons. The van der Waals surface area contributed by atoms with E-state index in [2.05, 4.69) is 4.90 Å². The average molecular weight is 405 g/mol. The zero-order valence-corrected chi connectivity index (χ0v) is 16.5. The van der Waals surface area contributed by atoms with E-state index in [4.69, 9.17) is 10.2 Å². The second-order valence-corrected chi connectivity index (χ2v) is 7.02. The molecule has 1 saturated heterocycles. The van der Waals surface area contributed by atoms with Crippen LogP contribution in [0.3, 0.4) is 0 Å². The Morgan fingerprint density at radius 2 is 1.75 bits per heavy atom. The van der Waals surface area contributed by atoms with Gasteiger partial charge in [-0.2, -0.15) is 0 Å². The molecule has 0 radical (unpaired) electrons. The largest absolute Gasteiger partial charge is 0.459 e. The van der Waals surface area contributed by atoms with Crippen LogP contribution in [0.1, 0.15) is 22.5 Å². The number of nitrogens with zero attached hydrogens (tertiary/aromatic N) is 3. The fourth-order valence-corrected chi connectivity index (χ4v) is 3.87. The van der Waals surface area contributed by atoms with Gasteiger partial charge in [-0.3, -0.25) is 9.59 Å². The second kappa shape index (κ2) is 8.56. The van der Waals surface area contributed by atoms with Crippen molar-refractivity contribution in [3.05, 3.63) is 47.9 Å². The minimum absolute atomic E-state index is 0. The fourth-order valence-electron chi connectivity index (χ4n) is 3.87. The first kappa shape index (κ1) is 20.1. The van der Waals surface area contributed by atoms with Gasteiger partial charge in [-0.15, -0.1) is 12.4 Å². The van der Waals surface area contributed by atoms with Gasteiger partial charge in [0.2, 0.25) is 5.91 Å². The molecule has 4 rings (SSSR count). The highest BCUT2D eigenvalue weighted by atomic mass is 35.5. The molecular formula is C20H25ClN4O3. The Balaban J connectivity index is 0.00000225. The van der Waals surface area contributed by atoms with Crippen LogP contribution in [0.25, 0.3) is 0 Å². The predicted molar refractivity (Wildman–Crippen MR) is 110 cm³/mol. The summed E-state index contributed by atoms with van der Waals surface area (Å²) < 4.78 is 5.18. The minimum atomic E-state index is -0.118. The van der Waals surface area contributed by atoms with E-state index in [-0.39, 0.29) is 24.2 Å². The molecule has 0 unspecified atom stereocenters. The molecule has 2 aliphatic heterocycles. The van der Waals surface area contributed by atoms with Gasteiger partial charge in [0.1, 0.15) is 0 Å². The Morgan fingerprint density at radius 1 is 1.00 bits per heavy atom. The van der Waals surface area contributed by atoms with Gasteiger partial charge >= 0.3 is 0 Å². The highest BCUT2D eigenvalue weighted by molar-refractivity contribution is 5.91. The smallest absolute Gasteiger partial charge is 0.289 e. The molecule has 28 heavy (non-hydrogen) atoms. The number of amides is 2. The first-order chi connectivity index (χ1) is 13.1. The van der Waals surface area contributed by atoms with Crippen LogP contribution in [0.2, 0.25) is 0 Å². The zero-order chi connectivity index (χ0) is 18.8. The highest BCUT2D eigenvalue weighted by Gasteiger charge is 2.28. The molecule has 1 fully saturated rings. The van der Waals surface area contributed by atoms with Crippen LogP contribution in [0.15, 0.2) is 41.0 Å². The number of nitrogens with two attached hydrogens (primary N) is 1. The summed E-state index contributed by atoms with van der Waals surface area (Å²) in [6.45, 7) is 3.34. The van der Waals surface area contributed by atoms with Gasteiger partial charge in [0.15, 0.2) is 5.76 Å². The Bertz CT molecular complexity index is 832. The van der Waals surface area contributed by atoms with Crippen LogP contribution in [-0.4, -0.2) is 60.9 Å². The lowest BCUT2D eigenvalue weighted by Crippen LogP contribution is -2.53. The number of rotatable bonds is 3. The summed E-state index contributed by atoms with van der Waals surface area (Å²) in [5.41, 5.74) is 9.11. The van der Waals surface area contributed by atoms with Crippen LogP contribution in [0.5, 0.6) is 0 Å². The van der Waals surface area contributed by atoms with Gasteiger partial charge in [-0.05, 0) is 42.7 Å². The molecule has 2 N–H and O–H groups in total. The fraction of sp³-hybridized carbons (Fsp3) is 0.400. The number of piperazine rings is 1. The Morgan fingerprint density at radius 3 is 2.46 bits per heavy atom. The number of benzene rings is 1. The van der Waals surface area contributed by atoms with Crippen molar-refractivity contribution in [2.45, 2.75) is 12.8 Å². The molecular weight excluding hydrogens is 380 g/mol. The van der Waals surface area contributed by atoms with Crippen molar-refractivity contribution in [1.29, 1.82) is 0 Å². The lowest BCUT2D eigenvalue weighted by Gasteiger charge is -2.37. The summed E-state index contributed by atoms with van der Waals surface area (Å²) in [6, 6.07) is 9.27. The predicted octanol–water partition coefficient (Wildman–Crippen LogP) is 2.02. The van der Waals surface area contributed by atoms with Crippen LogP contribution < -0.4 is 10.6 Å². The SMILES string of the molecule is Cl.Nc1cccc2c1CCCN2CC(=O)N1CCN(C(=O)c2ccco2)CC1. The summed E-state index contributed by atoms with van der Waals surface area (Å²) in [4.78, 5) is 30.8. The summed E-state index contributed by atoms with van der Waals surface area (Å²) >= 11 is 0. The number of nitrogen functional groups attached to an aromatic ring is 1. The van der Waals surface area contributed by atoms with E-state index in [1.807, 2.05) is 23.1 Å². The first-order valence-electron chi connectivity index (χ1n) is 9.36. The lowest BCUT2D eigenvalue weighted by atomic mass is 10.00. The van der Waals surface area contributed by atoms with Crippen LogP contribution >= 0.6 is 12.4 Å². The molecule has 2 aromatic rings. The van der Waals surface area contributed by atoms with Crippen molar-refractivity contribution < 1.29 is 14.0 Å². The van der Waals surface area contributed by atoms with Crippen molar-refractivity contribution in [2.24, 2.45) is 0 Å². The number of carbonyl (C=O) groups excluding carboxylic acids is 2. The molecule has 3 heterocycles. The second-order valence-electron chi connectivity index (χ2n) is 7.02. The maximum Gasteiger partial charge on any atom is 0.289 e. The van der Waals surface area contributed by atoms with Crippen molar-refractivity contribution in [1.82, 2.24) is 9.80 Å². The number of anilines is 2. The first-order valence-corrected chi connectivity index (χ1v) is 9.36. The molecule has 1 aromatic heterocycles. The lowest BCUT2D eigenvalue weighted by molar-refractivity contribution is -0.131. The minimum Gasteiger partial charge on any atom is -0.459 e. The topological polar surface area (TPSA) is 83.0 Å². The number of hydrogen-bond donors (Lipinski definition) is 1. The number of hydrogen-bond acceptors (Lipinski definition) is 5. The van der Waals surface area contributed by atoms with Crippen molar-refractivity contribution in [2.75, 3.05) is 49.9 Å². The summed E-state index contributed by atoms with van der Waals surface area (Å²) in [7, 11) is 0. The monoisotopic (exact) mass is 404 g/mol. The van der Waals surface area contributed by atoms with E-state index >= 15 is 0 Å². The Hall–Kier alpha value is -2.67. The van der Waals surface area contributed by atoms with E-state index in [0.717, 1.165) is 36.3 Å². The molecule has 1 aromatic carbocycles. The van der Waals surface area contributed by atoms with Crippen LogP contribution in [0.4, 0.5) is 11.4 Å². The zero-order valence-electron chi connectivity index (χ0n) is 15.7. The molecule has 0 bridgehead atoms. The molecule has 0 atom stereocenters. The van der Waals surface area contributed by atoms with Gasteiger partial charge in [0.05, 0.1) is 12.8 Å². The number of fused-ring (bicyclic) bond motifs is 1. The molecule has 7 nitrogen and oxygen atoms in total. The third-order valence-corrected chi connectivity index (χ3v) is 5.36. The molecule has 0 saturated carbocycles. The van der Waals surface area contributed by atoms with Gasteiger partial charge < -0.3 is 24.9 Å². The van der Waals surface area contributed by atoms with Crippen molar-refractivity contribution in [3.8, 4) is 0 Å². The maximum atomic E-state index is 12.8. The van der Waals surface area contributed by atoms with E-state index in [9.17, 15) is 9.59 Å². The maximum absolute atomic E-state index is 12.8. The standard InChI is InChI=1S/C20H24N4O3.ClH/c21-16-5-1-6-17-15(16)4-2-8-24(17)14-19(25)22-9-11-23(12-10-22)20(26)18-7-3-13-27-18;/h1,3,5-7,13H,2,4,8-12,14,21H2;1H. The number of furan rings is 1. The molecule has 0 spiro atoms. The highest BCUT2D eigenvalue weighted by Crippen LogP contribution is 2.31. The summed E-state index contributed by atoms with van der Waals surface area (Å²) in [5.74, 6) is 0.320. The van der Waals surface area contributed by atoms with Crippen LogP contribution in [-0.2, 0) is 11.2 Å². The van der Waals surface area contributed by atoms with E-state index in [1.165, 1.54) is 6.26 Å². The summed E-state index contributed by atoms with van der Waals surface area (Å²) in [5, 5.41) is 0. The normalized spacial score (nSPS) is 16.4. The van der Waals surface area contributed by atoms with E-state index in [0.29, 0.717) is 38.5 Å². The van der Waals surface area contributed by atoms with E-state index < -0.39 is 0 Å².